The van der Waals surface area contributed by atoms with Crippen molar-refractivity contribution in [3.8, 4) is 11.4 Å². The molecule has 2 aromatic rings. The van der Waals surface area contributed by atoms with Crippen LogP contribution in [0.15, 0.2) is 22.7 Å². The maximum atomic E-state index is 13.5. The lowest BCUT2D eigenvalue weighted by Gasteiger charge is -2.37. The summed E-state index contributed by atoms with van der Waals surface area (Å²) in [4.78, 5) is 21.8. The third-order valence-corrected chi connectivity index (χ3v) is 6.70. The van der Waals surface area contributed by atoms with E-state index >= 15 is 0 Å². The van der Waals surface area contributed by atoms with E-state index < -0.39 is 0 Å². The third kappa shape index (κ3) is 5.70. The predicted octanol–water partition coefficient (Wildman–Crippen LogP) is 4.09. The first kappa shape index (κ1) is 21.9. The molecule has 0 spiro atoms. The number of piperidine rings is 2. The SMILES string of the molecule is Cc1cc(-c2noc(CCC(=O)N3CCCC(CN4CCC(C)CC4)C3)n2)ccc1F. The lowest BCUT2D eigenvalue weighted by Crippen LogP contribution is -2.45. The van der Waals surface area contributed by atoms with Gasteiger partial charge in [0.25, 0.3) is 0 Å². The summed E-state index contributed by atoms with van der Waals surface area (Å²) in [7, 11) is 0. The molecule has 1 unspecified atom stereocenters. The lowest BCUT2D eigenvalue weighted by molar-refractivity contribution is -0.133. The summed E-state index contributed by atoms with van der Waals surface area (Å²) in [6.07, 6.45) is 5.67. The number of hydrogen-bond donors (Lipinski definition) is 0. The number of amides is 1. The van der Waals surface area contributed by atoms with Crippen molar-refractivity contribution in [3.05, 3.63) is 35.5 Å². The molecule has 1 atom stereocenters. The molecule has 0 aliphatic carbocycles. The molecule has 0 bridgehead atoms. The molecule has 31 heavy (non-hydrogen) atoms. The molecule has 0 radical (unpaired) electrons. The number of likely N-dealkylation sites (tertiary alicyclic amines) is 2. The summed E-state index contributed by atoms with van der Waals surface area (Å²) in [5.74, 6) is 2.20. The normalized spacial score (nSPS) is 20.9. The van der Waals surface area contributed by atoms with Gasteiger partial charge in [-0.25, -0.2) is 4.39 Å². The first-order valence-electron chi connectivity index (χ1n) is 11.6. The van der Waals surface area contributed by atoms with Crippen molar-refractivity contribution in [2.45, 2.75) is 52.4 Å². The van der Waals surface area contributed by atoms with Gasteiger partial charge in [0.05, 0.1) is 0 Å². The van der Waals surface area contributed by atoms with Crippen LogP contribution in [0.2, 0.25) is 0 Å². The van der Waals surface area contributed by atoms with Crippen molar-refractivity contribution in [1.82, 2.24) is 19.9 Å². The Morgan fingerprint density at radius 3 is 2.81 bits per heavy atom. The highest BCUT2D eigenvalue weighted by Gasteiger charge is 2.26. The fraction of sp³-hybridized carbons (Fsp3) is 0.625. The fourth-order valence-corrected chi connectivity index (χ4v) is 4.68. The number of aryl methyl sites for hydroxylation is 2. The summed E-state index contributed by atoms with van der Waals surface area (Å²) in [6.45, 7) is 9.24. The summed E-state index contributed by atoms with van der Waals surface area (Å²) in [5, 5.41) is 3.99. The molecule has 1 amide bonds. The molecule has 1 aromatic heterocycles. The highest BCUT2D eigenvalue weighted by Crippen LogP contribution is 2.23. The van der Waals surface area contributed by atoms with Crippen LogP contribution in [-0.4, -0.2) is 58.6 Å². The maximum Gasteiger partial charge on any atom is 0.227 e. The minimum atomic E-state index is -0.257. The van der Waals surface area contributed by atoms with Gasteiger partial charge in [-0.3, -0.25) is 4.79 Å². The maximum absolute atomic E-state index is 13.5. The van der Waals surface area contributed by atoms with Crippen LogP contribution < -0.4 is 0 Å². The molecule has 2 aliphatic heterocycles. The van der Waals surface area contributed by atoms with E-state index in [2.05, 4.69) is 22.0 Å². The first-order chi connectivity index (χ1) is 15.0. The Labute approximate surface area is 183 Å². The van der Waals surface area contributed by atoms with E-state index in [1.807, 2.05) is 4.90 Å². The summed E-state index contributed by atoms with van der Waals surface area (Å²) < 4.78 is 18.8. The van der Waals surface area contributed by atoms with Gasteiger partial charge < -0.3 is 14.3 Å². The average molecular weight is 429 g/mol. The Morgan fingerprint density at radius 2 is 2.03 bits per heavy atom. The molecule has 4 rings (SSSR count). The van der Waals surface area contributed by atoms with E-state index in [0.29, 0.717) is 41.6 Å². The van der Waals surface area contributed by atoms with E-state index in [9.17, 15) is 9.18 Å². The van der Waals surface area contributed by atoms with E-state index in [-0.39, 0.29) is 11.7 Å². The fourth-order valence-electron chi connectivity index (χ4n) is 4.68. The van der Waals surface area contributed by atoms with Crippen LogP contribution >= 0.6 is 0 Å². The highest BCUT2D eigenvalue weighted by molar-refractivity contribution is 5.76. The van der Waals surface area contributed by atoms with E-state index in [1.54, 1.807) is 19.1 Å². The number of nitrogens with zero attached hydrogens (tertiary/aromatic N) is 4. The van der Waals surface area contributed by atoms with Crippen LogP contribution in [0.3, 0.4) is 0 Å². The number of carbonyl (C=O) groups is 1. The molecular formula is C24H33FN4O2. The first-order valence-corrected chi connectivity index (χ1v) is 11.6. The minimum absolute atomic E-state index is 0.161. The van der Waals surface area contributed by atoms with Gasteiger partial charge in [-0.1, -0.05) is 12.1 Å². The Hall–Kier alpha value is -2.28. The smallest absolute Gasteiger partial charge is 0.227 e. The highest BCUT2D eigenvalue weighted by atomic mass is 19.1. The molecule has 168 valence electrons. The molecule has 0 N–H and O–H groups in total. The molecule has 1 aromatic carbocycles. The van der Waals surface area contributed by atoms with E-state index in [1.165, 1.54) is 38.4 Å². The van der Waals surface area contributed by atoms with E-state index in [0.717, 1.165) is 32.0 Å². The number of rotatable bonds is 6. The van der Waals surface area contributed by atoms with Crippen molar-refractivity contribution in [2.24, 2.45) is 11.8 Å². The topological polar surface area (TPSA) is 62.5 Å². The Bertz CT molecular complexity index is 891. The lowest BCUT2D eigenvalue weighted by atomic mass is 9.94. The molecule has 2 saturated heterocycles. The summed E-state index contributed by atoms with van der Waals surface area (Å²) >= 11 is 0. The molecular weight excluding hydrogens is 395 g/mol. The zero-order valence-electron chi connectivity index (χ0n) is 18.6. The summed E-state index contributed by atoms with van der Waals surface area (Å²) in [5.41, 5.74) is 1.25. The molecule has 2 aliphatic rings. The van der Waals surface area contributed by atoms with Crippen molar-refractivity contribution in [1.29, 1.82) is 0 Å². The number of carbonyl (C=O) groups excluding carboxylic acids is 1. The predicted molar refractivity (Wildman–Crippen MR) is 117 cm³/mol. The van der Waals surface area contributed by atoms with Crippen molar-refractivity contribution in [2.75, 3.05) is 32.7 Å². The number of aromatic nitrogens is 2. The van der Waals surface area contributed by atoms with Gasteiger partial charge >= 0.3 is 0 Å². The van der Waals surface area contributed by atoms with Gasteiger partial charge in [-0.15, -0.1) is 0 Å². The van der Waals surface area contributed by atoms with Crippen LogP contribution in [0, 0.1) is 24.6 Å². The average Bonchev–Trinajstić information content (AvgIpc) is 3.25. The number of benzene rings is 1. The monoisotopic (exact) mass is 428 g/mol. The standard InChI is InChI=1S/C24H33FN4O2/c1-17-9-12-28(13-10-17)15-19-4-3-11-29(16-19)23(30)8-7-22-26-24(27-31-22)20-5-6-21(25)18(2)14-20/h5-6,14,17,19H,3-4,7-13,15-16H2,1-2H3. The van der Waals surface area contributed by atoms with Gasteiger partial charge in [-0.2, -0.15) is 4.98 Å². The number of hydrogen-bond acceptors (Lipinski definition) is 5. The second kappa shape index (κ2) is 9.90. The van der Waals surface area contributed by atoms with Crippen LogP contribution in [0.1, 0.15) is 50.5 Å². The van der Waals surface area contributed by atoms with Gasteiger partial charge in [0.2, 0.25) is 17.6 Å². The zero-order chi connectivity index (χ0) is 21.8. The van der Waals surface area contributed by atoms with Crippen molar-refractivity contribution in [3.63, 3.8) is 0 Å². The largest absolute Gasteiger partial charge is 0.342 e. The van der Waals surface area contributed by atoms with Crippen molar-refractivity contribution < 1.29 is 13.7 Å². The molecule has 2 fully saturated rings. The van der Waals surface area contributed by atoms with Gasteiger partial charge in [0, 0.05) is 38.0 Å². The molecule has 3 heterocycles. The third-order valence-electron chi connectivity index (χ3n) is 6.70. The Balaban J connectivity index is 1.26. The zero-order valence-corrected chi connectivity index (χ0v) is 18.6. The van der Waals surface area contributed by atoms with Crippen LogP contribution in [0.25, 0.3) is 11.4 Å². The van der Waals surface area contributed by atoms with Gasteiger partial charge in [0.15, 0.2) is 0 Å². The van der Waals surface area contributed by atoms with E-state index in [4.69, 9.17) is 4.52 Å². The van der Waals surface area contributed by atoms with Crippen molar-refractivity contribution >= 4 is 5.91 Å². The Morgan fingerprint density at radius 1 is 1.23 bits per heavy atom. The number of halogens is 1. The molecule has 6 nitrogen and oxygen atoms in total. The Kier molecular flexibility index (Phi) is 7.00. The second-order valence-electron chi connectivity index (χ2n) is 9.31. The quantitative estimate of drug-likeness (QED) is 0.694. The van der Waals surface area contributed by atoms with Gasteiger partial charge in [0.1, 0.15) is 5.82 Å². The molecule has 7 heteroatoms. The van der Waals surface area contributed by atoms with Gasteiger partial charge in [-0.05, 0) is 81.3 Å². The summed E-state index contributed by atoms with van der Waals surface area (Å²) in [6, 6.07) is 4.74. The van der Waals surface area contributed by atoms with Crippen LogP contribution in [-0.2, 0) is 11.2 Å². The van der Waals surface area contributed by atoms with Crippen LogP contribution in [0.4, 0.5) is 4.39 Å². The van der Waals surface area contributed by atoms with Crippen LogP contribution in [0.5, 0.6) is 0 Å². The minimum Gasteiger partial charge on any atom is -0.342 e. The molecule has 0 saturated carbocycles. The second-order valence-corrected chi connectivity index (χ2v) is 9.31.